The van der Waals surface area contributed by atoms with Gasteiger partial charge in [-0.05, 0) is 164 Å². The molecule has 5 N–H and O–H groups in total. The molecule has 20 aromatic rings. The van der Waals surface area contributed by atoms with Gasteiger partial charge in [0.25, 0.3) is 0 Å². The maximum atomic E-state index is 3.59. The van der Waals surface area contributed by atoms with Crippen LogP contribution in [0.3, 0.4) is 0 Å². The predicted molar refractivity (Wildman–Crippen MR) is 452 cm³/mol. The fourth-order valence-electron chi connectivity index (χ4n) is 13.3. The van der Waals surface area contributed by atoms with E-state index in [4.69, 9.17) is 0 Å². The lowest BCUT2D eigenvalue weighted by atomic mass is 10.1. The lowest BCUT2D eigenvalue weighted by Crippen LogP contribution is -1.92. The van der Waals surface area contributed by atoms with Gasteiger partial charge >= 0.3 is 0 Å². The van der Waals surface area contributed by atoms with E-state index in [0.717, 1.165) is 51.2 Å². The maximum absolute atomic E-state index is 3.59. The molecular weight excluding hydrogens is 1290 g/mol. The van der Waals surface area contributed by atoms with Crippen molar-refractivity contribution >= 4 is 185 Å². The Morgan fingerprint density at radius 2 is 0.447 bits per heavy atom. The van der Waals surface area contributed by atoms with Crippen molar-refractivity contribution in [2.75, 3.05) is 26.6 Å². The number of para-hydroxylation sites is 2. The summed E-state index contributed by atoms with van der Waals surface area (Å²) in [6.07, 6.45) is 0. The van der Waals surface area contributed by atoms with Gasteiger partial charge in [0.2, 0.25) is 0 Å². The third kappa shape index (κ3) is 15.1. The fourth-order valence-corrected chi connectivity index (χ4v) is 15.5. The van der Waals surface area contributed by atoms with E-state index in [9.17, 15) is 0 Å². The standard InChI is InChI=1S/3C20H15N.2C18H13NS/c1-3-11-17-15(7-1)9-5-13-19(17)21-20-14-6-10-16-8-2-4-12-18(16)20;1-3-7-17-13-19(11-9-15(17)5-1)21-20-12-10-16-6-2-4-8-18(16)14-20;1-2-8-17-14-18(13-12-15(17)6-1)21-20-11-5-9-16-7-3-4-10-19(16)20;1-2-7-13(8-3-1)19-16-11-6-10-15-14-9-4-5-12-17(14)20-18(15)16;1-2-6-13(7-3-1)19-14-10-11-18-16(12-14)15-8-4-5-9-17(15)20-18/h3*1-14,21H;2*1-12,19H. The minimum Gasteiger partial charge on any atom is -0.356 e. The van der Waals surface area contributed by atoms with E-state index in [1.807, 2.05) is 59.1 Å². The van der Waals surface area contributed by atoms with Gasteiger partial charge in [0, 0.05) is 103 Å². The third-order valence-electron chi connectivity index (χ3n) is 18.4. The maximum Gasteiger partial charge on any atom is 0.0590 e. The Morgan fingerprint density at radius 1 is 0.146 bits per heavy atom. The van der Waals surface area contributed by atoms with Gasteiger partial charge in [-0.3, -0.25) is 0 Å². The number of benzene rings is 18. The van der Waals surface area contributed by atoms with Crippen LogP contribution in [0.5, 0.6) is 0 Å². The van der Waals surface area contributed by atoms with Gasteiger partial charge in [-0.1, -0.05) is 285 Å². The molecule has 0 aliphatic rings. The Balaban J connectivity index is 0.0000000994. The zero-order chi connectivity index (χ0) is 68.9. The number of rotatable bonds is 10. The van der Waals surface area contributed by atoms with E-state index in [0.29, 0.717) is 0 Å². The molecule has 0 bridgehead atoms. The average molecular weight is 1360 g/mol. The number of hydrogen-bond donors (Lipinski definition) is 5. The molecule has 0 radical (unpaired) electrons. The van der Waals surface area contributed by atoms with Gasteiger partial charge in [-0.2, -0.15) is 0 Å². The Labute approximate surface area is 607 Å². The van der Waals surface area contributed by atoms with Crippen molar-refractivity contribution in [3.63, 3.8) is 0 Å². The Morgan fingerprint density at radius 3 is 0.942 bits per heavy atom. The van der Waals surface area contributed by atoms with Gasteiger partial charge in [0.05, 0.1) is 10.4 Å². The largest absolute Gasteiger partial charge is 0.356 e. The molecule has 0 spiro atoms. The number of thiophene rings is 2. The monoisotopic (exact) mass is 1360 g/mol. The molecule has 103 heavy (non-hydrogen) atoms. The number of hydrogen-bond acceptors (Lipinski definition) is 7. The summed E-state index contributed by atoms with van der Waals surface area (Å²) < 4.78 is 5.34. The van der Waals surface area contributed by atoms with Crippen LogP contribution in [-0.4, -0.2) is 0 Å². The second kappa shape index (κ2) is 30.6. The van der Waals surface area contributed by atoms with Crippen molar-refractivity contribution in [1.82, 2.24) is 0 Å². The lowest BCUT2D eigenvalue weighted by Gasteiger charge is -2.12. The van der Waals surface area contributed by atoms with Crippen molar-refractivity contribution in [2.24, 2.45) is 0 Å². The normalized spacial score (nSPS) is 10.9. The summed E-state index contributed by atoms with van der Waals surface area (Å²) >= 11 is 3.69. The summed E-state index contributed by atoms with van der Waals surface area (Å²) in [5.41, 5.74) is 11.3. The second-order valence-electron chi connectivity index (χ2n) is 25.2. The van der Waals surface area contributed by atoms with Crippen molar-refractivity contribution in [2.45, 2.75) is 0 Å². The lowest BCUT2D eigenvalue weighted by molar-refractivity contribution is 1.57. The van der Waals surface area contributed by atoms with Crippen LogP contribution >= 0.6 is 22.7 Å². The summed E-state index contributed by atoms with van der Waals surface area (Å²) in [4.78, 5) is 0. The first-order valence-corrected chi connectivity index (χ1v) is 36.3. The highest BCUT2D eigenvalue weighted by molar-refractivity contribution is 7.26. The first kappa shape index (κ1) is 64.6. The van der Waals surface area contributed by atoms with Crippen LogP contribution in [0, 0.1) is 0 Å². The van der Waals surface area contributed by atoms with E-state index < -0.39 is 0 Å². The van der Waals surface area contributed by atoms with Crippen LogP contribution < -0.4 is 26.6 Å². The first-order chi connectivity index (χ1) is 51.0. The number of anilines is 10. The zero-order valence-electron chi connectivity index (χ0n) is 56.4. The fraction of sp³-hybridized carbons (Fsp3) is 0. The van der Waals surface area contributed by atoms with Crippen molar-refractivity contribution in [3.05, 3.63) is 400 Å². The van der Waals surface area contributed by atoms with E-state index in [2.05, 4.69) is 391 Å². The molecule has 0 aliphatic heterocycles. The molecule has 0 amide bonds. The van der Waals surface area contributed by atoms with E-state index >= 15 is 0 Å². The molecule has 492 valence electrons. The molecule has 0 atom stereocenters. The number of nitrogens with one attached hydrogen (secondary N) is 5. The molecule has 2 heterocycles. The SMILES string of the molecule is c1ccc(Nc2ccc3sc4ccccc4c3c2)cc1.c1ccc(Nc2cccc3c2sc2ccccc23)cc1.c1ccc2c(Nc3cccc4ccccc34)cccc2c1.c1ccc2cc(Nc3ccc4ccccc4c3)ccc2c1.c1ccc2cc(Nc3cccc4ccccc34)ccc2c1. The summed E-state index contributed by atoms with van der Waals surface area (Å²) in [5, 5.41) is 38.0. The molecule has 0 unspecified atom stereocenters. The molecule has 0 aliphatic carbocycles. The van der Waals surface area contributed by atoms with Gasteiger partial charge in [-0.15, -0.1) is 22.7 Å². The molecular formula is C96H71N5S2. The summed E-state index contributed by atoms with van der Waals surface area (Å²) in [6.45, 7) is 0. The molecule has 18 aromatic carbocycles. The topological polar surface area (TPSA) is 60.1 Å². The summed E-state index contributed by atoms with van der Waals surface area (Å²) in [7, 11) is 0. The summed E-state index contributed by atoms with van der Waals surface area (Å²) in [6, 6.07) is 140. The average Bonchev–Trinajstić information content (AvgIpc) is 1.67. The second-order valence-corrected chi connectivity index (χ2v) is 27.3. The van der Waals surface area contributed by atoms with Crippen LogP contribution in [0.2, 0.25) is 0 Å². The summed E-state index contributed by atoms with van der Waals surface area (Å²) in [5.74, 6) is 0. The van der Waals surface area contributed by atoms with Crippen molar-refractivity contribution in [3.8, 4) is 0 Å². The Hall–Kier alpha value is -13.0. The minimum absolute atomic E-state index is 1.11. The van der Waals surface area contributed by atoms with Crippen LogP contribution in [0.1, 0.15) is 0 Å². The van der Waals surface area contributed by atoms with Gasteiger partial charge < -0.3 is 26.6 Å². The zero-order valence-corrected chi connectivity index (χ0v) is 58.1. The third-order valence-corrected chi connectivity index (χ3v) is 20.7. The van der Waals surface area contributed by atoms with E-state index in [1.165, 1.54) is 111 Å². The highest BCUT2D eigenvalue weighted by Gasteiger charge is 2.11. The van der Waals surface area contributed by atoms with Crippen LogP contribution in [0.15, 0.2) is 400 Å². The van der Waals surface area contributed by atoms with Crippen LogP contribution in [0.4, 0.5) is 56.9 Å². The first-order valence-electron chi connectivity index (χ1n) is 34.7. The molecule has 0 saturated heterocycles. The molecule has 5 nitrogen and oxygen atoms in total. The molecule has 20 rings (SSSR count). The van der Waals surface area contributed by atoms with E-state index in [-0.39, 0.29) is 0 Å². The smallest absolute Gasteiger partial charge is 0.0590 e. The highest BCUT2D eigenvalue weighted by Crippen LogP contribution is 2.40. The van der Waals surface area contributed by atoms with Crippen LogP contribution in [-0.2, 0) is 0 Å². The van der Waals surface area contributed by atoms with Crippen LogP contribution in [0.25, 0.3) is 105 Å². The predicted octanol–water partition coefficient (Wildman–Crippen LogP) is 28.8. The highest BCUT2D eigenvalue weighted by atomic mass is 32.1. The van der Waals surface area contributed by atoms with Crippen molar-refractivity contribution < 1.29 is 0 Å². The Kier molecular flexibility index (Phi) is 19.2. The minimum atomic E-state index is 1.11. The van der Waals surface area contributed by atoms with Gasteiger partial charge in [0.1, 0.15) is 0 Å². The molecule has 0 saturated carbocycles. The molecule has 7 heteroatoms. The molecule has 2 aromatic heterocycles. The quantitative estimate of drug-likeness (QED) is 0.0945. The molecule has 0 fully saturated rings. The van der Waals surface area contributed by atoms with Gasteiger partial charge in [0.15, 0.2) is 0 Å². The van der Waals surface area contributed by atoms with Gasteiger partial charge in [-0.25, -0.2) is 0 Å². The van der Waals surface area contributed by atoms with E-state index in [1.54, 1.807) is 0 Å². The number of fused-ring (bicyclic) bond motifs is 12. The van der Waals surface area contributed by atoms with Crippen molar-refractivity contribution in [1.29, 1.82) is 0 Å². The Bertz CT molecular complexity index is 6130.